The minimum absolute atomic E-state index is 0.317. The third-order valence-corrected chi connectivity index (χ3v) is 3.65. The van der Waals surface area contributed by atoms with Gasteiger partial charge in [0.05, 0.1) is 13.2 Å². The Hall–Kier alpha value is -1.91. The Balaban J connectivity index is 2.27. The second-order valence-electron chi connectivity index (χ2n) is 4.95. The zero-order chi connectivity index (χ0) is 15.2. The summed E-state index contributed by atoms with van der Waals surface area (Å²) in [6, 6.07) is 12.7. The Morgan fingerprint density at radius 1 is 1.14 bits per heavy atom. The van der Waals surface area contributed by atoms with E-state index in [0.717, 1.165) is 12.0 Å². The number of hydrazine groups is 1. The maximum absolute atomic E-state index is 14.1. The van der Waals surface area contributed by atoms with Crippen LogP contribution in [0.25, 0.3) is 0 Å². The van der Waals surface area contributed by atoms with E-state index in [4.69, 9.17) is 10.6 Å². The third kappa shape index (κ3) is 3.60. The lowest BCUT2D eigenvalue weighted by Crippen LogP contribution is -2.30. The fourth-order valence-corrected chi connectivity index (χ4v) is 2.42. The van der Waals surface area contributed by atoms with E-state index in [9.17, 15) is 4.39 Å². The number of methoxy groups -OCH3 is 1. The average Bonchev–Trinajstić information content (AvgIpc) is 2.53. The summed E-state index contributed by atoms with van der Waals surface area (Å²) in [7, 11) is 1.53. The van der Waals surface area contributed by atoms with Crippen LogP contribution in [0, 0.1) is 5.82 Å². The zero-order valence-corrected chi connectivity index (χ0v) is 12.4. The molecule has 2 aromatic carbocycles. The molecule has 0 aliphatic heterocycles. The van der Waals surface area contributed by atoms with Crippen LogP contribution >= 0.6 is 0 Å². The number of rotatable bonds is 6. The van der Waals surface area contributed by atoms with E-state index in [1.807, 2.05) is 0 Å². The normalized spacial score (nSPS) is 12.2. The first-order chi connectivity index (χ1) is 10.2. The van der Waals surface area contributed by atoms with Gasteiger partial charge in [0.2, 0.25) is 0 Å². The lowest BCUT2D eigenvalue weighted by molar-refractivity contribution is 0.390. The fourth-order valence-electron chi connectivity index (χ4n) is 2.42. The minimum Gasteiger partial charge on any atom is -0.496 e. The number of aryl methyl sites for hydroxylation is 1. The standard InChI is InChI=1S/C17H21FN2O/c1-3-12-7-9-13(10-8-12)11-15(20-19)17-14(18)5-4-6-16(17)21-2/h4-10,15,20H,3,11,19H2,1-2H3. The van der Waals surface area contributed by atoms with E-state index < -0.39 is 0 Å². The van der Waals surface area contributed by atoms with Crippen LogP contribution in [0.5, 0.6) is 5.75 Å². The van der Waals surface area contributed by atoms with Crippen molar-refractivity contribution < 1.29 is 9.13 Å². The SMILES string of the molecule is CCc1ccc(CC(NN)c2c(F)cccc2OC)cc1. The molecule has 0 aliphatic carbocycles. The molecule has 0 spiro atoms. The first-order valence-corrected chi connectivity index (χ1v) is 7.06. The highest BCUT2D eigenvalue weighted by molar-refractivity contribution is 5.38. The summed E-state index contributed by atoms with van der Waals surface area (Å²) < 4.78 is 19.4. The van der Waals surface area contributed by atoms with Gasteiger partial charge in [-0.2, -0.15) is 0 Å². The van der Waals surface area contributed by atoms with Crippen molar-refractivity contribution in [3.05, 3.63) is 65.0 Å². The van der Waals surface area contributed by atoms with E-state index in [-0.39, 0.29) is 11.9 Å². The van der Waals surface area contributed by atoms with Crippen molar-refractivity contribution in [2.24, 2.45) is 5.84 Å². The molecule has 0 saturated carbocycles. The molecule has 0 aliphatic rings. The van der Waals surface area contributed by atoms with E-state index in [1.54, 1.807) is 12.1 Å². The van der Waals surface area contributed by atoms with Crippen LogP contribution in [0.4, 0.5) is 4.39 Å². The van der Waals surface area contributed by atoms with Crippen LogP contribution in [-0.4, -0.2) is 7.11 Å². The summed E-state index contributed by atoms with van der Waals surface area (Å²) in [5.74, 6) is 5.81. The highest BCUT2D eigenvalue weighted by Gasteiger charge is 2.19. The second-order valence-corrected chi connectivity index (χ2v) is 4.95. The molecule has 112 valence electrons. The van der Waals surface area contributed by atoms with E-state index >= 15 is 0 Å². The topological polar surface area (TPSA) is 47.3 Å². The number of hydrogen-bond donors (Lipinski definition) is 2. The second kappa shape index (κ2) is 7.20. The van der Waals surface area contributed by atoms with E-state index in [1.165, 1.54) is 18.7 Å². The maximum Gasteiger partial charge on any atom is 0.131 e. The summed E-state index contributed by atoms with van der Waals surface area (Å²) in [4.78, 5) is 0. The van der Waals surface area contributed by atoms with Crippen molar-refractivity contribution in [1.82, 2.24) is 5.43 Å². The van der Waals surface area contributed by atoms with Gasteiger partial charge in [-0.05, 0) is 36.1 Å². The predicted molar refractivity (Wildman–Crippen MR) is 82.5 cm³/mol. The molecule has 4 heteroatoms. The molecular formula is C17H21FN2O. The number of benzene rings is 2. The molecule has 0 aromatic heterocycles. The molecule has 0 heterocycles. The summed E-state index contributed by atoms with van der Waals surface area (Å²) in [5.41, 5.74) is 5.53. The molecule has 1 atom stereocenters. The quantitative estimate of drug-likeness (QED) is 0.634. The number of halogens is 1. The zero-order valence-electron chi connectivity index (χ0n) is 12.4. The molecular weight excluding hydrogens is 267 g/mol. The Kier molecular flexibility index (Phi) is 5.31. The highest BCUT2D eigenvalue weighted by Crippen LogP contribution is 2.29. The van der Waals surface area contributed by atoms with Crippen LogP contribution in [0.3, 0.4) is 0 Å². The molecule has 2 rings (SSSR count). The minimum atomic E-state index is -0.339. The van der Waals surface area contributed by atoms with Crippen molar-refractivity contribution >= 4 is 0 Å². The average molecular weight is 288 g/mol. The van der Waals surface area contributed by atoms with Gasteiger partial charge < -0.3 is 4.74 Å². The predicted octanol–water partition coefficient (Wildman–Crippen LogP) is 3.14. The molecule has 0 radical (unpaired) electrons. The molecule has 3 nitrogen and oxygen atoms in total. The van der Waals surface area contributed by atoms with Crippen LogP contribution in [0.2, 0.25) is 0 Å². The largest absolute Gasteiger partial charge is 0.496 e. The van der Waals surface area contributed by atoms with E-state index in [2.05, 4.69) is 36.6 Å². The van der Waals surface area contributed by atoms with Gasteiger partial charge in [-0.25, -0.2) is 4.39 Å². The monoisotopic (exact) mass is 288 g/mol. The van der Waals surface area contributed by atoms with Gasteiger partial charge in [0.25, 0.3) is 0 Å². The van der Waals surface area contributed by atoms with Gasteiger partial charge in [0.1, 0.15) is 11.6 Å². The Morgan fingerprint density at radius 2 is 1.81 bits per heavy atom. The van der Waals surface area contributed by atoms with Crippen LogP contribution in [-0.2, 0) is 12.8 Å². The number of nitrogens with one attached hydrogen (secondary N) is 1. The van der Waals surface area contributed by atoms with Crippen molar-refractivity contribution in [3.8, 4) is 5.75 Å². The van der Waals surface area contributed by atoms with Gasteiger partial charge in [-0.15, -0.1) is 0 Å². The Morgan fingerprint density at radius 3 is 2.38 bits per heavy atom. The van der Waals surface area contributed by atoms with Gasteiger partial charge in [0, 0.05) is 5.56 Å². The molecule has 0 saturated heterocycles. The van der Waals surface area contributed by atoms with E-state index in [0.29, 0.717) is 17.7 Å². The molecule has 2 aromatic rings. The first kappa shape index (κ1) is 15.5. The molecule has 21 heavy (non-hydrogen) atoms. The van der Waals surface area contributed by atoms with Crippen LogP contribution < -0.4 is 16.0 Å². The van der Waals surface area contributed by atoms with Gasteiger partial charge in [-0.1, -0.05) is 37.3 Å². The van der Waals surface area contributed by atoms with Crippen molar-refractivity contribution in [1.29, 1.82) is 0 Å². The lowest BCUT2D eigenvalue weighted by atomic mass is 9.97. The lowest BCUT2D eigenvalue weighted by Gasteiger charge is -2.20. The summed E-state index contributed by atoms with van der Waals surface area (Å²) >= 11 is 0. The highest BCUT2D eigenvalue weighted by atomic mass is 19.1. The molecule has 3 N–H and O–H groups in total. The summed E-state index contributed by atoms with van der Waals surface area (Å²) in [6.45, 7) is 2.11. The number of ether oxygens (including phenoxy) is 1. The molecule has 0 amide bonds. The van der Waals surface area contributed by atoms with Crippen LogP contribution in [0.15, 0.2) is 42.5 Å². The van der Waals surface area contributed by atoms with Crippen molar-refractivity contribution in [3.63, 3.8) is 0 Å². The van der Waals surface area contributed by atoms with Crippen LogP contribution in [0.1, 0.15) is 29.7 Å². The van der Waals surface area contributed by atoms with Gasteiger partial charge in [0.15, 0.2) is 0 Å². The summed E-state index contributed by atoms with van der Waals surface area (Å²) in [5, 5.41) is 0. The third-order valence-electron chi connectivity index (χ3n) is 3.65. The fraction of sp³-hybridized carbons (Fsp3) is 0.294. The number of nitrogens with two attached hydrogens (primary N) is 1. The Bertz CT molecular complexity index is 584. The first-order valence-electron chi connectivity index (χ1n) is 7.06. The Labute approximate surface area is 124 Å². The molecule has 0 fully saturated rings. The van der Waals surface area contributed by atoms with Crippen molar-refractivity contribution in [2.45, 2.75) is 25.8 Å². The molecule has 1 unspecified atom stereocenters. The molecule has 0 bridgehead atoms. The maximum atomic E-state index is 14.1. The summed E-state index contributed by atoms with van der Waals surface area (Å²) in [6.07, 6.45) is 1.60. The van der Waals surface area contributed by atoms with Gasteiger partial charge in [-0.3, -0.25) is 11.3 Å². The number of hydrogen-bond acceptors (Lipinski definition) is 3. The van der Waals surface area contributed by atoms with Gasteiger partial charge >= 0.3 is 0 Å². The van der Waals surface area contributed by atoms with Crippen molar-refractivity contribution in [2.75, 3.05) is 7.11 Å². The smallest absolute Gasteiger partial charge is 0.131 e.